The van der Waals surface area contributed by atoms with Crippen molar-refractivity contribution >= 4 is 0 Å². The number of aromatic nitrogens is 1. The second-order valence-electron chi connectivity index (χ2n) is 4.22. The van der Waals surface area contributed by atoms with E-state index in [0.717, 1.165) is 12.5 Å². The van der Waals surface area contributed by atoms with Crippen molar-refractivity contribution in [2.45, 2.75) is 25.8 Å². The summed E-state index contributed by atoms with van der Waals surface area (Å²) < 4.78 is 18.3. The molecule has 4 heteroatoms. The monoisotopic (exact) mass is 224 g/mol. The maximum Gasteiger partial charge on any atom is 0.250 e. The lowest BCUT2D eigenvalue weighted by molar-refractivity contribution is 0.278. The van der Waals surface area contributed by atoms with E-state index in [4.69, 9.17) is 4.74 Å². The molecule has 88 valence electrons. The summed E-state index contributed by atoms with van der Waals surface area (Å²) >= 11 is 0. The Kier molecular flexibility index (Phi) is 3.72. The van der Waals surface area contributed by atoms with Crippen LogP contribution in [0.1, 0.15) is 19.8 Å². The molecule has 1 saturated carbocycles. The number of nitrogens with one attached hydrogen (secondary N) is 1. The van der Waals surface area contributed by atoms with Gasteiger partial charge in [-0.2, -0.15) is 0 Å². The molecule has 0 aliphatic heterocycles. The molecule has 0 bridgehead atoms. The molecule has 1 aromatic heterocycles. The highest BCUT2D eigenvalue weighted by atomic mass is 19.1. The molecular weight excluding hydrogens is 207 g/mol. The van der Waals surface area contributed by atoms with Gasteiger partial charge in [0, 0.05) is 18.8 Å². The first-order valence-electron chi connectivity index (χ1n) is 5.74. The minimum atomic E-state index is -0.405. The van der Waals surface area contributed by atoms with Crippen molar-refractivity contribution < 1.29 is 9.13 Å². The maximum absolute atomic E-state index is 13.1. The summed E-state index contributed by atoms with van der Waals surface area (Å²) in [5.74, 6) is 0.507. The van der Waals surface area contributed by atoms with Gasteiger partial charge in [-0.25, -0.2) is 9.37 Å². The highest BCUT2D eigenvalue weighted by Gasteiger charge is 2.27. The number of pyridine rings is 1. The third kappa shape index (κ3) is 3.17. The normalized spacial score (nSPS) is 17.1. The summed E-state index contributed by atoms with van der Waals surface area (Å²) in [5, 5.41) is 3.36. The average molecular weight is 224 g/mol. The molecule has 1 aromatic rings. The molecule has 0 aromatic carbocycles. The zero-order valence-electron chi connectivity index (χ0n) is 9.45. The predicted molar refractivity (Wildman–Crippen MR) is 59.9 cm³/mol. The topological polar surface area (TPSA) is 34.1 Å². The fraction of sp³-hybridized carbons (Fsp3) is 0.583. The summed E-state index contributed by atoms with van der Waals surface area (Å²) in [4.78, 5) is 3.82. The lowest BCUT2D eigenvalue weighted by Crippen LogP contribution is -2.31. The number of hydrogen-bond donors (Lipinski definition) is 1. The second-order valence-corrected chi connectivity index (χ2v) is 4.22. The zero-order valence-corrected chi connectivity index (χ0v) is 9.45. The highest BCUT2D eigenvalue weighted by Crippen LogP contribution is 2.32. The number of halogens is 1. The van der Waals surface area contributed by atoms with Crippen LogP contribution < -0.4 is 10.1 Å². The molecule has 1 heterocycles. The van der Waals surface area contributed by atoms with E-state index in [0.29, 0.717) is 12.6 Å². The summed E-state index contributed by atoms with van der Waals surface area (Å²) in [5.41, 5.74) is 0. The van der Waals surface area contributed by atoms with Gasteiger partial charge in [-0.1, -0.05) is 0 Å². The molecule has 1 unspecified atom stereocenters. The van der Waals surface area contributed by atoms with Crippen LogP contribution in [0.5, 0.6) is 5.88 Å². The Labute approximate surface area is 95.0 Å². The van der Waals surface area contributed by atoms with Crippen molar-refractivity contribution in [3.63, 3.8) is 0 Å². The summed E-state index contributed by atoms with van der Waals surface area (Å²) in [7, 11) is 0. The third-order valence-electron chi connectivity index (χ3n) is 2.86. The third-order valence-corrected chi connectivity index (χ3v) is 2.86. The molecule has 2 rings (SSSR count). The Balaban J connectivity index is 1.66. The van der Waals surface area contributed by atoms with Crippen LogP contribution in [0.2, 0.25) is 0 Å². The van der Waals surface area contributed by atoms with Gasteiger partial charge in [0.2, 0.25) is 5.88 Å². The van der Waals surface area contributed by atoms with E-state index in [1.54, 1.807) is 6.07 Å². The van der Waals surface area contributed by atoms with Gasteiger partial charge >= 0.3 is 0 Å². The van der Waals surface area contributed by atoms with Crippen LogP contribution in [-0.4, -0.2) is 24.2 Å². The number of rotatable bonds is 6. The lowest BCUT2D eigenvalue weighted by atomic mass is 10.2. The van der Waals surface area contributed by atoms with E-state index < -0.39 is 5.82 Å². The second kappa shape index (κ2) is 5.25. The van der Waals surface area contributed by atoms with Crippen molar-refractivity contribution in [2.75, 3.05) is 13.2 Å². The molecule has 16 heavy (non-hydrogen) atoms. The molecular formula is C12H17FN2O. The molecule has 1 atom stereocenters. The number of hydrogen-bond acceptors (Lipinski definition) is 3. The van der Waals surface area contributed by atoms with Gasteiger partial charge in [0.25, 0.3) is 0 Å². The van der Waals surface area contributed by atoms with E-state index in [2.05, 4.69) is 17.2 Å². The molecule has 1 fully saturated rings. The lowest BCUT2D eigenvalue weighted by Gasteiger charge is -2.12. The average Bonchev–Trinajstić information content (AvgIpc) is 3.10. The SMILES string of the molecule is CC(NCCOc1ncccc1F)C1CC1. The molecule has 1 aliphatic rings. The van der Waals surface area contributed by atoms with Crippen LogP contribution in [-0.2, 0) is 0 Å². The molecule has 0 spiro atoms. The first-order chi connectivity index (χ1) is 7.77. The Bertz CT molecular complexity index is 342. The van der Waals surface area contributed by atoms with Gasteiger partial charge < -0.3 is 10.1 Å². The zero-order chi connectivity index (χ0) is 11.4. The van der Waals surface area contributed by atoms with Crippen molar-refractivity contribution in [3.8, 4) is 5.88 Å². The first kappa shape index (κ1) is 11.3. The van der Waals surface area contributed by atoms with Gasteiger partial charge in [-0.05, 0) is 37.8 Å². The smallest absolute Gasteiger partial charge is 0.250 e. The molecule has 0 radical (unpaired) electrons. The Morgan fingerprint density at radius 3 is 3.12 bits per heavy atom. The molecule has 1 aliphatic carbocycles. The minimum Gasteiger partial charge on any atom is -0.474 e. The number of ether oxygens (including phenoxy) is 1. The molecule has 0 saturated heterocycles. The van der Waals surface area contributed by atoms with Crippen LogP contribution >= 0.6 is 0 Å². The van der Waals surface area contributed by atoms with Crippen LogP contribution in [0.15, 0.2) is 18.3 Å². The Morgan fingerprint density at radius 2 is 2.44 bits per heavy atom. The van der Waals surface area contributed by atoms with Crippen molar-refractivity contribution in [2.24, 2.45) is 5.92 Å². The van der Waals surface area contributed by atoms with Crippen molar-refractivity contribution in [3.05, 3.63) is 24.1 Å². The molecule has 0 amide bonds. The van der Waals surface area contributed by atoms with Gasteiger partial charge in [0.05, 0.1) is 0 Å². The molecule has 3 nitrogen and oxygen atoms in total. The predicted octanol–water partition coefficient (Wildman–Crippen LogP) is 1.99. The van der Waals surface area contributed by atoms with E-state index >= 15 is 0 Å². The van der Waals surface area contributed by atoms with E-state index in [9.17, 15) is 4.39 Å². The Morgan fingerprint density at radius 1 is 1.62 bits per heavy atom. The van der Waals surface area contributed by atoms with Crippen LogP contribution in [0.25, 0.3) is 0 Å². The van der Waals surface area contributed by atoms with E-state index in [-0.39, 0.29) is 5.88 Å². The summed E-state index contributed by atoms with van der Waals surface area (Å²) in [6, 6.07) is 3.44. The minimum absolute atomic E-state index is 0.0865. The van der Waals surface area contributed by atoms with E-state index in [1.165, 1.54) is 25.1 Å². The maximum atomic E-state index is 13.1. The van der Waals surface area contributed by atoms with Crippen molar-refractivity contribution in [1.29, 1.82) is 0 Å². The van der Waals surface area contributed by atoms with Crippen LogP contribution in [0, 0.1) is 11.7 Å². The van der Waals surface area contributed by atoms with Crippen LogP contribution in [0.4, 0.5) is 4.39 Å². The largest absolute Gasteiger partial charge is 0.474 e. The quantitative estimate of drug-likeness (QED) is 0.750. The van der Waals surface area contributed by atoms with Crippen LogP contribution in [0.3, 0.4) is 0 Å². The van der Waals surface area contributed by atoms with Gasteiger partial charge in [0.1, 0.15) is 6.61 Å². The van der Waals surface area contributed by atoms with E-state index in [1.807, 2.05) is 0 Å². The fourth-order valence-corrected chi connectivity index (χ4v) is 1.67. The Hall–Kier alpha value is -1.16. The first-order valence-corrected chi connectivity index (χ1v) is 5.74. The van der Waals surface area contributed by atoms with Gasteiger partial charge in [-0.3, -0.25) is 0 Å². The number of nitrogens with zero attached hydrogens (tertiary/aromatic N) is 1. The molecule has 1 N–H and O–H groups in total. The van der Waals surface area contributed by atoms with Gasteiger partial charge in [0.15, 0.2) is 5.82 Å². The van der Waals surface area contributed by atoms with Crippen molar-refractivity contribution in [1.82, 2.24) is 10.3 Å². The summed E-state index contributed by atoms with van der Waals surface area (Å²) in [6.07, 6.45) is 4.17. The van der Waals surface area contributed by atoms with Gasteiger partial charge in [-0.15, -0.1) is 0 Å². The summed E-state index contributed by atoms with van der Waals surface area (Å²) in [6.45, 7) is 3.36. The highest BCUT2D eigenvalue weighted by molar-refractivity contribution is 5.12. The fourth-order valence-electron chi connectivity index (χ4n) is 1.67. The standard InChI is InChI=1S/C12H17FN2O/c1-9(10-4-5-10)14-7-8-16-12-11(13)3-2-6-15-12/h2-3,6,9-10,14H,4-5,7-8H2,1H3.